The van der Waals surface area contributed by atoms with Crippen LogP contribution >= 0.6 is 0 Å². The molecule has 0 aromatic heterocycles. The van der Waals surface area contributed by atoms with Gasteiger partial charge in [0.2, 0.25) is 0 Å². The average molecular weight is 249 g/mol. The summed E-state index contributed by atoms with van der Waals surface area (Å²) in [6.45, 7) is 1.97. The van der Waals surface area contributed by atoms with Crippen molar-refractivity contribution in [2.75, 3.05) is 5.73 Å². The van der Waals surface area contributed by atoms with Gasteiger partial charge in [-0.15, -0.1) is 0 Å². The van der Waals surface area contributed by atoms with Crippen LogP contribution in [-0.4, -0.2) is 0 Å². The molecule has 0 spiro atoms. The van der Waals surface area contributed by atoms with Gasteiger partial charge in [0.15, 0.2) is 0 Å². The van der Waals surface area contributed by atoms with E-state index in [2.05, 4.69) is 0 Å². The summed E-state index contributed by atoms with van der Waals surface area (Å²) in [5.74, 6) is -0.601. The van der Waals surface area contributed by atoms with Crippen LogP contribution in [-0.2, 0) is 6.61 Å². The van der Waals surface area contributed by atoms with Gasteiger partial charge in [-0.05, 0) is 48.4 Å². The second kappa shape index (κ2) is 5.04. The minimum absolute atomic E-state index is 0.109. The summed E-state index contributed by atoms with van der Waals surface area (Å²) < 4.78 is 31.4. The Morgan fingerprint density at radius 2 is 1.72 bits per heavy atom. The van der Waals surface area contributed by atoms with Gasteiger partial charge < -0.3 is 10.5 Å². The van der Waals surface area contributed by atoms with Crippen LogP contribution in [0.5, 0.6) is 5.75 Å². The molecule has 2 rings (SSSR count). The van der Waals surface area contributed by atoms with Crippen molar-refractivity contribution in [3.8, 4) is 5.75 Å². The van der Waals surface area contributed by atoms with E-state index in [1.165, 1.54) is 12.1 Å². The molecule has 0 saturated heterocycles. The van der Waals surface area contributed by atoms with E-state index in [0.717, 1.165) is 11.6 Å². The maximum atomic E-state index is 13.0. The van der Waals surface area contributed by atoms with E-state index in [9.17, 15) is 8.78 Å². The second-order valence-corrected chi connectivity index (χ2v) is 4.08. The predicted molar refractivity (Wildman–Crippen MR) is 66.3 cm³/mol. The third-order valence-corrected chi connectivity index (χ3v) is 2.57. The van der Waals surface area contributed by atoms with Crippen molar-refractivity contribution in [3.63, 3.8) is 0 Å². The summed E-state index contributed by atoms with van der Waals surface area (Å²) in [7, 11) is 0. The van der Waals surface area contributed by atoms with Crippen molar-refractivity contribution in [3.05, 3.63) is 59.2 Å². The lowest BCUT2D eigenvalue weighted by molar-refractivity contribution is 0.304. The topological polar surface area (TPSA) is 35.2 Å². The molecule has 0 amide bonds. The van der Waals surface area contributed by atoms with Crippen LogP contribution in [0.15, 0.2) is 36.4 Å². The Kier molecular flexibility index (Phi) is 3.46. The van der Waals surface area contributed by atoms with Gasteiger partial charge in [0.1, 0.15) is 24.0 Å². The Morgan fingerprint density at radius 3 is 2.33 bits per heavy atom. The molecule has 0 aliphatic carbocycles. The summed E-state index contributed by atoms with van der Waals surface area (Å²) in [6, 6.07) is 8.55. The van der Waals surface area contributed by atoms with Crippen molar-refractivity contribution in [2.45, 2.75) is 13.5 Å². The molecule has 2 N–H and O–H groups in total. The van der Waals surface area contributed by atoms with Crippen LogP contribution < -0.4 is 10.5 Å². The maximum Gasteiger partial charge on any atom is 0.126 e. The highest BCUT2D eigenvalue weighted by atomic mass is 19.1. The molecule has 0 aliphatic rings. The van der Waals surface area contributed by atoms with Crippen LogP contribution in [0.2, 0.25) is 0 Å². The molecular weight excluding hydrogens is 236 g/mol. The van der Waals surface area contributed by atoms with Gasteiger partial charge in [-0.25, -0.2) is 8.78 Å². The Balaban J connectivity index is 2.08. The van der Waals surface area contributed by atoms with Crippen LogP contribution in [0.4, 0.5) is 14.5 Å². The van der Waals surface area contributed by atoms with Gasteiger partial charge in [-0.2, -0.15) is 0 Å². The van der Waals surface area contributed by atoms with Crippen LogP contribution in [0, 0.1) is 18.6 Å². The zero-order valence-corrected chi connectivity index (χ0v) is 9.91. The van der Waals surface area contributed by atoms with E-state index in [1.54, 1.807) is 18.2 Å². The van der Waals surface area contributed by atoms with Crippen molar-refractivity contribution < 1.29 is 13.5 Å². The molecule has 18 heavy (non-hydrogen) atoms. The van der Waals surface area contributed by atoms with Crippen LogP contribution in [0.3, 0.4) is 0 Å². The smallest absolute Gasteiger partial charge is 0.126 e. The normalized spacial score (nSPS) is 10.4. The zero-order valence-electron chi connectivity index (χ0n) is 9.91. The highest BCUT2D eigenvalue weighted by molar-refractivity contribution is 5.49. The van der Waals surface area contributed by atoms with E-state index >= 15 is 0 Å². The number of hydrogen-bond donors (Lipinski definition) is 1. The molecular formula is C14H13F2NO. The van der Waals surface area contributed by atoms with Crippen molar-refractivity contribution in [1.82, 2.24) is 0 Å². The van der Waals surface area contributed by atoms with E-state index in [1.807, 2.05) is 6.92 Å². The number of nitrogen functional groups attached to an aromatic ring is 1. The fourth-order valence-corrected chi connectivity index (χ4v) is 1.60. The van der Waals surface area contributed by atoms with Crippen LogP contribution in [0.25, 0.3) is 0 Å². The summed E-state index contributed by atoms with van der Waals surface area (Å²) in [6.07, 6.45) is 0. The number of benzene rings is 2. The molecule has 0 unspecified atom stereocenters. The summed E-state index contributed by atoms with van der Waals surface area (Å²) in [5, 5.41) is 0. The van der Waals surface area contributed by atoms with Crippen molar-refractivity contribution >= 4 is 5.69 Å². The minimum atomic E-state index is -0.609. The number of aryl methyl sites for hydroxylation is 1. The molecule has 2 aromatic carbocycles. The zero-order chi connectivity index (χ0) is 13.1. The predicted octanol–water partition coefficient (Wildman–Crippen LogP) is 3.43. The molecule has 2 aromatic rings. The van der Waals surface area contributed by atoms with Gasteiger partial charge >= 0.3 is 0 Å². The molecule has 0 heterocycles. The fraction of sp³-hybridized carbons (Fsp3) is 0.143. The quantitative estimate of drug-likeness (QED) is 0.846. The minimum Gasteiger partial charge on any atom is -0.489 e. The average Bonchev–Trinajstić information content (AvgIpc) is 2.29. The maximum absolute atomic E-state index is 13.0. The number of hydrogen-bond acceptors (Lipinski definition) is 2. The van der Waals surface area contributed by atoms with E-state index in [-0.39, 0.29) is 6.61 Å². The number of ether oxygens (including phenoxy) is 1. The van der Waals surface area contributed by atoms with Crippen LogP contribution in [0.1, 0.15) is 11.1 Å². The molecule has 0 saturated carbocycles. The molecule has 4 heteroatoms. The Morgan fingerprint density at radius 1 is 1.06 bits per heavy atom. The third-order valence-electron chi connectivity index (χ3n) is 2.57. The largest absolute Gasteiger partial charge is 0.489 e. The van der Waals surface area contributed by atoms with Gasteiger partial charge in [0.25, 0.3) is 0 Å². The Labute approximate surface area is 104 Å². The highest BCUT2D eigenvalue weighted by Gasteiger charge is 2.02. The van der Waals surface area contributed by atoms with Gasteiger partial charge in [-0.3, -0.25) is 0 Å². The molecule has 94 valence electrons. The van der Waals surface area contributed by atoms with E-state index < -0.39 is 11.6 Å². The highest BCUT2D eigenvalue weighted by Crippen LogP contribution is 2.20. The summed E-state index contributed by atoms with van der Waals surface area (Å²) in [5.41, 5.74) is 7.71. The molecule has 2 nitrogen and oxygen atoms in total. The Hall–Kier alpha value is -2.10. The molecule has 0 aliphatic heterocycles. The molecule has 0 atom stereocenters. The van der Waals surface area contributed by atoms with E-state index in [4.69, 9.17) is 10.5 Å². The summed E-state index contributed by atoms with van der Waals surface area (Å²) in [4.78, 5) is 0. The van der Waals surface area contributed by atoms with E-state index in [0.29, 0.717) is 17.0 Å². The lowest BCUT2D eigenvalue weighted by Gasteiger charge is -2.08. The molecule has 0 radical (unpaired) electrons. The summed E-state index contributed by atoms with van der Waals surface area (Å²) >= 11 is 0. The fourth-order valence-electron chi connectivity index (χ4n) is 1.60. The second-order valence-electron chi connectivity index (χ2n) is 4.08. The molecule has 0 fully saturated rings. The van der Waals surface area contributed by atoms with Crippen molar-refractivity contribution in [1.29, 1.82) is 0 Å². The first kappa shape index (κ1) is 12.4. The van der Waals surface area contributed by atoms with Crippen molar-refractivity contribution in [2.24, 2.45) is 0 Å². The van der Waals surface area contributed by atoms with Gasteiger partial charge in [0.05, 0.1) is 0 Å². The number of anilines is 1. The first-order chi connectivity index (χ1) is 8.54. The number of nitrogens with two attached hydrogens (primary N) is 1. The standard InChI is InChI=1S/C14H13F2NO/c1-9-4-13(2-3-14(9)17)18-8-10-5-11(15)7-12(16)6-10/h2-7H,8,17H2,1H3. The monoisotopic (exact) mass is 249 g/mol. The Bertz CT molecular complexity index is 549. The number of halogens is 2. The first-order valence-corrected chi connectivity index (χ1v) is 5.48. The first-order valence-electron chi connectivity index (χ1n) is 5.48. The van der Waals surface area contributed by atoms with Gasteiger partial charge in [-0.1, -0.05) is 0 Å². The lowest BCUT2D eigenvalue weighted by atomic mass is 10.2. The third kappa shape index (κ3) is 2.97. The SMILES string of the molecule is Cc1cc(OCc2cc(F)cc(F)c2)ccc1N. The van der Waals surface area contributed by atoms with Gasteiger partial charge in [0, 0.05) is 11.8 Å². The molecule has 0 bridgehead atoms. The lowest BCUT2D eigenvalue weighted by Crippen LogP contribution is -1.98. The number of rotatable bonds is 3.